The van der Waals surface area contributed by atoms with Crippen LogP contribution in [-0.4, -0.2) is 54.8 Å². The fourth-order valence-corrected chi connectivity index (χ4v) is 2.16. The normalized spacial score (nSPS) is 10.6. The van der Waals surface area contributed by atoms with E-state index in [0.717, 1.165) is 17.5 Å². The molecule has 2 rings (SSSR count). The van der Waals surface area contributed by atoms with Gasteiger partial charge in [0.2, 0.25) is 5.95 Å². The zero-order chi connectivity index (χ0) is 16.8. The van der Waals surface area contributed by atoms with Gasteiger partial charge in [0.05, 0.1) is 0 Å². The van der Waals surface area contributed by atoms with Crippen molar-refractivity contribution in [1.82, 2.24) is 19.9 Å². The van der Waals surface area contributed by atoms with Crippen molar-refractivity contribution in [3.8, 4) is 11.1 Å². The van der Waals surface area contributed by atoms with E-state index < -0.39 is 0 Å². The third-order valence-electron chi connectivity index (χ3n) is 3.42. The van der Waals surface area contributed by atoms with Crippen LogP contribution in [0.5, 0.6) is 0 Å². The zero-order valence-corrected chi connectivity index (χ0v) is 14.0. The molecule has 0 bridgehead atoms. The summed E-state index contributed by atoms with van der Waals surface area (Å²) in [5.74, 6) is 0.557. The molecule has 0 atom stereocenters. The summed E-state index contributed by atoms with van der Waals surface area (Å²) in [5, 5.41) is 2.89. The van der Waals surface area contributed by atoms with Gasteiger partial charge < -0.3 is 19.5 Å². The van der Waals surface area contributed by atoms with E-state index >= 15 is 0 Å². The molecule has 2 aromatic rings. The van der Waals surface area contributed by atoms with Crippen molar-refractivity contribution in [2.24, 2.45) is 7.05 Å². The number of carbonyl (C=O) groups excluding carboxylic acids is 1. The summed E-state index contributed by atoms with van der Waals surface area (Å²) in [7, 11) is 7.28. The molecule has 0 saturated heterocycles. The molecule has 7 nitrogen and oxygen atoms in total. The first-order chi connectivity index (χ1) is 11.0. The molecule has 7 heteroatoms. The smallest absolute Gasteiger partial charge is 0.267 e. The van der Waals surface area contributed by atoms with Gasteiger partial charge in [-0.15, -0.1) is 0 Å². The Morgan fingerprint density at radius 2 is 2.00 bits per heavy atom. The standard InChI is InChI=1S/C16H23N5O2/c1-20(2)16-18-9-13(10-19-16)12-8-14(21(3)11-12)15(22)17-6-5-7-23-4/h8-11H,5-7H2,1-4H3,(H,17,22). The highest BCUT2D eigenvalue weighted by atomic mass is 16.5. The van der Waals surface area contributed by atoms with Crippen LogP contribution in [0.25, 0.3) is 11.1 Å². The third kappa shape index (κ3) is 4.29. The van der Waals surface area contributed by atoms with Crippen molar-refractivity contribution in [3.63, 3.8) is 0 Å². The SMILES string of the molecule is COCCCNC(=O)c1cc(-c2cnc(N(C)C)nc2)cn1C. The minimum Gasteiger partial charge on any atom is -0.385 e. The number of ether oxygens (including phenoxy) is 1. The minimum absolute atomic E-state index is 0.0966. The lowest BCUT2D eigenvalue weighted by atomic mass is 10.2. The number of aromatic nitrogens is 3. The number of amides is 1. The van der Waals surface area contributed by atoms with Gasteiger partial charge >= 0.3 is 0 Å². The topological polar surface area (TPSA) is 72.3 Å². The number of nitrogens with zero attached hydrogens (tertiary/aromatic N) is 4. The molecule has 1 amide bonds. The van der Waals surface area contributed by atoms with Gasteiger partial charge in [-0.25, -0.2) is 9.97 Å². The first kappa shape index (κ1) is 17.0. The second-order valence-corrected chi connectivity index (χ2v) is 5.49. The van der Waals surface area contributed by atoms with Gasteiger partial charge in [-0.3, -0.25) is 4.79 Å². The van der Waals surface area contributed by atoms with E-state index in [1.807, 2.05) is 38.3 Å². The summed E-state index contributed by atoms with van der Waals surface area (Å²) < 4.78 is 6.77. The first-order valence-electron chi connectivity index (χ1n) is 7.46. The highest BCUT2D eigenvalue weighted by Crippen LogP contribution is 2.21. The van der Waals surface area contributed by atoms with Crippen molar-refractivity contribution >= 4 is 11.9 Å². The molecule has 0 aliphatic carbocycles. The number of anilines is 1. The molecule has 0 radical (unpaired) electrons. The second-order valence-electron chi connectivity index (χ2n) is 5.49. The van der Waals surface area contributed by atoms with Crippen molar-refractivity contribution in [3.05, 3.63) is 30.4 Å². The van der Waals surface area contributed by atoms with E-state index in [-0.39, 0.29) is 5.91 Å². The highest BCUT2D eigenvalue weighted by Gasteiger charge is 2.13. The summed E-state index contributed by atoms with van der Waals surface area (Å²) in [6.45, 7) is 1.22. The van der Waals surface area contributed by atoms with Crippen molar-refractivity contribution < 1.29 is 9.53 Å². The van der Waals surface area contributed by atoms with E-state index in [4.69, 9.17) is 4.74 Å². The number of carbonyl (C=O) groups is 1. The molecular formula is C16H23N5O2. The van der Waals surface area contributed by atoms with Gasteiger partial charge in [-0.1, -0.05) is 0 Å². The molecule has 2 aromatic heterocycles. The van der Waals surface area contributed by atoms with Crippen LogP contribution in [0, 0.1) is 0 Å². The summed E-state index contributed by atoms with van der Waals surface area (Å²) >= 11 is 0. The lowest BCUT2D eigenvalue weighted by molar-refractivity contribution is 0.0940. The van der Waals surface area contributed by atoms with Gasteiger partial charge in [-0.05, 0) is 12.5 Å². The largest absolute Gasteiger partial charge is 0.385 e. The zero-order valence-electron chi connectivity index (χ0n) is 14.0. The molecule has 2 heterocycles. The van der Waals surface area contributed by atoms with Crippen LogP contribution < -0.4 is 10.2 Å². The number of hydrogen-bond donors (Lipinski definition) is 1. The fraction of sp³-hybridized carbons (Fsp3) is 0.438. The lowest BCUT2D eigenvalue weighted by Gasteiger charge is -2.09. The molecule has 0 fully saturated rings. The Hall–Kier alpha value is -2.41. The Morgan fingerprint density at radius 1 is 1.30 bits per heavy atom. The molecule has 0 aliphatic rings. The van der Waals surface area contributed by atoms with Crippen LogP contribution in [-0.2, 0) is 11.8 Å². The predicted molar refractivity (Wildman–Crippen MR) is 89.6 cm³/mol. The number of nitrogens with one attached hydrogen (secondary N) is 1. The van der Waals surface area contributed by atoms with Crippen LogP contribution in [0.1, 0.15) is 16.9 Å². The molecule has 1 N–H and O–H groups in total. The summed E-state index contributed by atoms with van der Waals surface area (Å²) in [4.78, 5) is 22.6. The lowest BCUT2D eigenvalue weighted by Crippen LogP contribution is -2.26. The summed E-state index contributed by atoms with van der Waals surface area (Å²) in [6, 6.07) is 1.85. The van der Waals surface area contributed by atoms with Gasteiger partial charge in [0.15, 0.2) is 0 Å². The van der Waals surface area contributed by atoms with Gasteiger partial charge in [0.25, 0.3) is 5.91 Å². The monoisotopic (exact) mass is 317 g/mol. The maximum atomic E-state index is 12.2. The second kappa shape index (κ2) is 7.73. The van der Waals surface area contributed by atoms with Crippen molar-refractivity contribution in [2.45, 2.75) is 6.42 Å². The Morgan fingerprint density at radius 3 is 2.61 bits per heavy atom. The highest BCUT2D eigenvalue weighted by molar-refractivity contribution is 5.94. The van der Waals surface area contributed by atoms with Gasteiger partial charge in [0.1, 0.15) is 5.69 Å². The van der Waals surface area contributed by atoms with E-state index in [1.54, 1.807) is 24.1 Å². The Labute approximate surface area is 136 Å². The maximum absolute atomic E-state index is 12.2. The van der Waals surface area contributed by atoms with E-state index in [9.17, 15) is 4.79 Å². The van der Waals surface area contributed by atoms with Crippen LogP contribution in [0.2, 0.25) is 0 Å². The maximum Gasteiger partial charge on any atom is 0.267 e. The number of rotatable bonds is 7. The molecular weight excluding hydrogens is 294 g/mol. The summed E-state index contributed by atoms with van der Waals surface area (Å²) in [5.41, 5.74) is 2.40. The average molecular weight is 317 g/mol. The third-order valence-corrected chi connectivity index (χ3v) is 3.42. The minimum atomic E-state index is -0.0966. The molecule has 0 aromatic carbocycles. The molecule has 0 spiro atoms. The van der Waals surface area contributed by atoms with Crippen LogP contribution in [0.4, 0.5) is 5.95 Å². The van der Waals surface area contributed by atoms with E-state index in [2.05, 4.69) is 15.3 Å². The Bertz CT molecular complexity index is 649. The molecule has 0 aliphatic heterocycles. The first-order valence-corrected chi connectivity index (χ1v) is 7.46. The van der Waals surface area contributed by atoms with Gasteiger partial charge in [0, 0.05) is 71.1 Å². The fourth-order valence-electron chi connectivity index (χ4n) is 2.16. The molecule has 0 saturated carbocycles. The van der Waals surface area contributed by atoms with Gasteiger partial charge in [-0.2, -0.15) is 0 Å². The number of aryl methyl sites for hydroxylation is 1. The Kier molecular flexibility index (Phi) is 5.70. The van der Waals surface area contributed by atoms with Crippen molar-refractivity contribution in [2.75, 3.05) is 39.3 Å². The van der Waals surface area contributed by atoms with Crippen molar-refractivity contribution in [1.29, 1.82) is 0 Å². The molecule has 124 valence electrons. The number of hydrogen-bond acceptors (Lipinski definition) is 5. The Balaban J connectivity index is 2.09. The quantitative estimate of drug-likeness (QED) is 0.780. The molecule has 23 heavy (non-hydrogen) atoms. The van der Waals surface area contributed by atoms with Crippen LogP contribution >= 0.6 is 0 Å². The summed E-state index contributed by atoms with van der Waals surface area (Å²) in [6.07, 6.45) is 6.22. The van der Waals surface area contributed by atoms with E-state index in [1.165, 1.54) is 0 Å². The number of methoxy groups -OCH3 is 1. The van der Waals surface area contributed by atoms with E-state index in [0.29, 0.717) is 24.8 Å². The average Bonchev–Trinajstić information content (AvgIpc) is 2.93. The molecule has 0 unspecified atom stereocenters. The van der Waals surface area contributed by atoms with Crippen LogP contribution in [0.15, 0.2) is 24.7 Å². The predicted octanol–water partition coefficient (Wildman–Crippen LogP) is 1.31. The van der Waals surface area contributed by atoms with Crippen LogP contribution in [0.3, 0.4) is 0 Å².